The predicted molar refractivity (Wildman–Crippen MR) is 143 cm³/mol. The van der Waals surface area contributed by atoms with Crippen molar-refractivity contribution < 1.29 is 49.8 Å². The summed E-state index contributed by atoms with van der Waals surface area (Å²) in [5.41, 5.74) is -0.768. The Morgan fingerprint density at radius 1 is 0.905 bits per heavy atom. The van der Waals surface area contributed by atoms with Gasteiger partial charge in [-0.15, -0.1) is 0 Å². The van der Waals surface area contributed by atoms with E-state index in [4.69, 9.17) is 9.47 Å². The van der Waals surface area contributed by atoms with E-state index in [2.05, 4.69) is 5.32 Å². The van der Waals surface area contributed by atoms with E-state index in [0.717, 1.165) is 47.1 Å². The molecule has 2 aromatic rings. The fourth-order valence-corrected chi connectivity index (χ4v) is 6.89. The van der Waals surface area contributed by atoms with Crippen LogP contribution in [0.5, 0.6) is 0 Å². The Balaban J connectivity index is 1.30. The molecule has 1 N–H and O–H groups in total. The maximum atomic E-state index is 14.6. The topological polar surface area (TPSA) is 122 Å². The highest BCUT2D eigenvalue weighted by Crippen LogP contribution is 2.26. The Bertz CT molecular complexity index is 1420. The summed E-state index contributed by atoms with van der Waals surface area (Å²) in [4.78, 5) is 37.8. The summed E-state index contributed by atoms with van der Waals surface area (Å²) < 4.78 is 92.3. The molecule has 2 saturated heterocycles. The van der Waals surface area contributed by atoms with E-state index < -0.39 is 74.4 Å². The van der Waals surface area contributed by atoms with Gasteiger partial charge in [-0.2, -0.15) is 16.1 Å². The average Bonchev–Trinajstić information content (AvgIpc) is 2.95. The van der Waals surface area contributed by atoms with Crippen LogP contribution in [0.1, 0.15) is 23.2 Å². The van der Waals surface area contributed by atoms with Gasteiger partial charge in [-0.25, -0.2) is 30.8 Å². The highest BCUT2D eigenvalue weighted by Gasteiger charge is 2.33. The van der Waals surface area contributed by atoms with E-state index in [9.17, 15) is 40.4 Å². The molecule has 0 aliphatic carbocycles. The van der Waals surface area contributed by atoms with Gasteiger partial charge >= 0.3 is 11.9 Å². The highest BCUT2D eigenvalue weighted by molar-refractivity contribution is 7.99. The molecular weight excluding hydrogens is 606 g/mol. The van der Waals surface area contributed by atoms with Crippen LogP contribution in [0.4, 0.5) is 23.2 Å². The number of esters is 2. The van der Waals surface area contributed by atoms with E-state index in [-0.39, 0.29) is 38.0 Å². The smallest absolute Gasteiger partial charge is 0.344 e. The molecule has 2 aliphatic rings. The monoisotopic (exact) mass is 633 g/mol. The summed E-state index contributed by atoms with van der Waals surface area (Å²) in [6.45, 7) is 0.759. The predicted octanol–water partition coefficient (Wildman–Crippen LogP) is 2.78. The molecule has 0 unspecified atom stereocenters. The third-order valence-electron chi connectivity index (χ3n) is 6.56. The van der Waals surface area contributed by atoms with Crippen molar-refractivity contribution in [2.45, 2.75) is 23.8 Å². The van der Waals surface area contributed by atoms with Crippen molar-refractivity contribution in [3.63, 3.8) is 0 Å². The molecule has 0 saturated carbocycles. The molecule has 0 spiro atoms. The van der Waals surface area contributed by atoms with Gasteiger partial charge < -0.3 is 14.8 Å². The molecule has 4 rings (SSSR count). The van der Waals surface area contributed by atoms with Gasteiger partial charge in [-0.3, -0.25) is 14.5 Å². The van der Waals surface area contributed by atoms with Gasteiger partial charge in [0.1, 0.15) is 16.8 Å². The molecule has 2 heterocycles. The van der Waals surface area contributed by atoms with Gasteiger partial charge in [0.15, 0.2) is 24.1 Å². The van der Waals surface area contributed by atoms with Crippen LogP contribution >= 0.6 is 11.8 Å². The largest absolute Gasteiger partial charge is 0.460 e. The number of carbonyl (C=O) groups excluding carboxylic acids is 3. The average molecular weight is 634 g/mol. The number of benzene rings is 2. The number of hydrogen-bond donors (Lipinski definition) is 1. The molecule has 0 atom stereocenters. The van der Waals surface area contributed by atoms with E-state index in [1.165, 1.54) is 0 Å². The summed E-state index contributed by atoms with van der Waals surface area (Å²) >= 11 is 1.79. The molecule has 16 heteroatoms. The van der Waals surface area contributed by atoms with Gasteiger partial charge in [0.2, 0.25) is 10.0 Å². The summed E-state index contributed by atoms with van der Waals surface area (Å²) in [6.07, 6.45) is -0.470. The summed E-state index contributed by atoms with van der Waals surface area (Å²) in [5, 5.41) is 2.11. The molecule has 0 radical (unpaired) electrons. The van der Waals surface area contributed by atoms with E-state index in [0.29, 0.717) is 12.1 Å². The lowest BCUT2D eigenvalue weighted by atomic mass is 10.1. The number of thioether (sulfide) groups is 1. The van der Waals surface area contributed by atoms with E-state index >= 15 is 0 Å². The van der Waals surface area contributed by atoms with Crippen LogP contribution in [0.25, 0.3) is 0 Å². The summed E-state index contributed by atoms with van der Waals surface area (Å²) in [6, 6.07) is 3.58. The first-order chi connectivity index (χ1) is 19.9. The quantitative estimate of drug-likeness (QED) is 0.252. The van der Waals surface area contributed by atoms with E-state index in [1.807, 2.05) is 4.90 Å². The van der Waals surface area contributed by atoms with Gasteiger partial charge in [0.05, 0.1) is 6.54 Å². The second kappa shape index (κ2) is 13.8. The molecule has 2 fully saturated rings. The standard InChI is InChI=1S/C26H27F4N3O7S2/c27-19-2-1-16(26(36)31-17-12-20(28)25(30)21(29)13-17)11-22(19)42(37,38)33-5-3-18(4-6-33)40-24(35)15-39-23(34)14-32-7-9-41-10-8-32/h1-2,11-13,18H,3-10,14-15H2,(H,31,36). The third-order valence-corrected chi connectivity index (χ3v) is 9.42. The van der Waals surface area contributed by atoms with E-state index in [1.54, 1.807) is 11.8 Å². The zero-order chi connectivity index (χ0) is 30.4. The van der Waals surface area contributed by atoms with Gasteiger partial charge in [0.25, 0.3) is 5.91 Å². The molecule has 0 bridgehead atoms. The molecule has 1 amide bonds. The van der Waals surface area contributed by atoms with Crippen LogP contribution in [0.15, 0.2) is 35.2 Å². The maximum absolute atomic E-state index is 14.6. The van der Waals surface area contributed by atoms with Crippen LogP contribution in [-0.2, 0) is 29.1 Å². The lowest BCUT2D eigenvalue weighted by Gasteiger charge is -2.31. The summed E-state index contributed by atoms with van der Waals surface area (Å²) in [5.74, 6) is -6.46. The van der Waals surface area contributed by atoms with Crippen molar-refractivity contribution in [3.8, 4) is 0 Å². The van der Waals surface area contributed by atoms with Crippen molar-refractivity contribution in [1.82, 2.24) is 9.21 Å². The van der Waals surface area contributed by atoms with Crippen molar-refractivity contribution >= 4 is 45.3 Å². The molecule has 42 heavy (non-hydrogen) atoms. The number of rotatable bonds is 9. The SMILES string of the molecule is O=C(CN1CCSCC1)OCC(=O)OC1CCN(S(=O)(=O)c2cc(C(=O)Nc3cc(F)c(F)c(F)c3)ccc2F)CC1. The molecule has 2 aliphatic heterocycles. The lowest BCUT2D eigenvalue weighted by molar-refractivity contribution is -0.163. The Labute approximate surface area is 243 Å². The first-order valence-corrected chi connectivity index (χ1v) is 15.4. The Hall–Kier alpha value is -3.21. The molecular formula is C26H27F4N3O7S2. The van der Waals surface area contributed by atoms with Crippen LogP contribution < -0.4 is 5.32 Å². The number of nitrogens with one attached hydrogen (secondary N) is 1. The van der Waals surface area contributed by atoms with Crippen molar-refractivity contribution in [3.05, 3.63) is 59.2 Å². The fourth-order valence-electron chi connectivity index (χ4n) is 4.35. The van der Waals surface area contributed by atoms with Crippen molar-refractivity contribution in [2.24, 2.45) is 0 Å². The number of hydrogen-bond acceptors (Lipinski definition) is 9. The van der Waals surface area contributed by atoms with Crippen LogP contribution in [0, 0.1) is 23.3 Å². The normalized spacial score (nSPS) is 17.0. The number of piperidine rings is 1. The Morgan fingerprint density at radius 2 is 1.55 bits per heavy atom. The fraction of sp³-hybridized carbons (Fsp3) is 0.423. The molecule has 228 valence electrons. The highest BCUT2D eigenvalue weighted by atomic mass is 32.2. The number of anilines is 1. The van der Waals surface area contributed by atoms with Crippen LogP contribution in [-0.4, -0.2) is 92.4 Å². The second-order valence-electron chi connectivity index (χ2n) is 9.50. The number of halogens is 4. The Morgan fingerprint density at radius 3 is 2.19 bits per heavy atom. The lowest BCUT2D eigenvalue weighted by Crippen LogP contribution is -2.42. The first kappa shape index (κ1) is 31.7. The minimum atomic E-state index is -4.44. The van der Waals surface area contributed by atoms with Crippen LogP contribution in [0.3, 0.4) is 0 Å². The van der Waals surface area contributed by atoms with Gasteiger partial charge in [-0.1, -0.05) is 0 Å². The minimum absolute atomic E-state index is 0.0762. The molecule has 10 nitrogen and oxygen atoms in total. The van der Waals surface area contributed by atoms with Crippen molar-refractivity contribution in [2.75, 3.05) is 56.2 Å². The zero-order valence-electron chi connectivity index (χ0n) is 22.1. The minimum Gasteiger partial charge on any atom is -0.460 e. The zero-order valence-corrected chi connectivity index (χ0v) is 23.7. The summed E-state index contributed by atoms with van der Waals surface area (Å²) in [7, 11) is -4.44. The first-order valence-electron chi connectivity index (χ1n) is 12.8. The number of sulfonamides is 1. The number of ether oxygens (including phenoxy) is 2. The van der Waals surface area contributed by atoms with Crippen molar-refractivity contribution in [1.29, 1.82) is 0 Å². The second-order valence-corrected chi connectivity index (χ2v) is 12.6. The Kier molecular flexibility index (Phi) is 10.5. The number of nitrogens with zero attached hydrogens (tertiary/aromatic N) is 2. The molecule has 2 aromatic carbocycles. The number of amides is 1. The molecule has 0 aromatic heterocycles. The van der Waals surface area contributed by atoms with Crippen LogP contribution in [0.2, 0.25) is 0 Å². The van der Waals surface area contributed by atoms with Gasteiger partial charge in [-0.05, 0) is 31.0 Å². The third kappa shape index (κ3) is 7.99. The number of carbonyl (C=O) groups is 3. The van der Waals surface area contributed by atoms with Gasteiger partial charge in [0, 0.05) is 61.1 Å². The maximum Gasteiger partial charge on any atom is 0.344 e.